The van der Waals surface area contributed by atoms with Crippen LogP contribution in [0.25, 0.3) is 0 Å². The van der Waals surface area contributed by atoms with E-state index in [2.05, 4.69) is 10.6 Å². The van der Waals surface area contributed by atoms with Crippen LogP contribution in [0.2, 0.25) is 20.1 Å². The Morgan fingerprint density at radius 1 is 0.964 bits per heavy atom. The molecule has 2 rings (SSSR count). The fourth-order valence-corrected chi connectivity index (χ4v) is 3.15. The number of carbonyl (C=O) groups is 3. The molecule has 0 saturated carbocycles. The van der Waals surface area contributed by atoms with Gasteiger partial charge in [0.1, 0.15) is 0 Å². The average molecular weight is 463 g/mol. The van der Waals surface area contributed by atoms with Crippen LogP contribution in [-0.4, -0.2) is 42.8 Å². The summed E-state index contributed by atoms with van der Waals surface area (Å²) < 4.78 is 0. The topological polar surface area (TPSA) is 78.5 Å². The average Bonchev–Trinajstić information content (AvgIpc) is 2.62. The molecule has 0 atom stereocenters. The minimum Gasteiger partial charge on any atom is -0.343 e. The molecule has 0 aliphatic heterocycles. The van der Waals surface area contributed by atoms with Gasteiger partial charge in [0.25, 0.3) is 5.91 Å². The quantitative estimate of drug-likeness (QED) is 0.677. The van der Waals surface area contributed by atoms with Gasteiger partial charge in [-0.25, -0.2) is 0 Å². The molecule has 3 amide bonds. The summed E-state index contributed by atoms with van der Waals surface area (Å²) in [7, 11) is 1.43. The summed E-state index contributed by atoms with van der Waals surface area (Å²) in [6.07, 6.45) is 0. The van der Waals surface area contributed by atoms with Crippen LogP contribution in [0.4, 0.5) is 5.69 Å². The summed E-state index contributed by atoms with van der Waals surface area (Å²) >= 11 is 23.7. The van der Waals surface area contributed by atoms with Crippen LogP contribution in [0.1, 0.15) is 10.4 Å². The lowest BCUT2D eigenvalue weighted by Gasteiger charge is -2.18. The number of hydrogen-bond donors (Lipinski definition) is 2. The second-order valence-corrected chi connectivity index (χ2v) is 7.36. The van der Waals surface area contributed by atoms with Crippen molar-refractivity contribution in [1.82, 2.24) is 10.2 Å². The van der Waals surface area contributed by atoms with Crippen molar-refractivity contribution in [3.63, 3.8) is 0 Å². The van der Waals surface area contributed by atoms with E-state index in [1.54, 1.807) is 18.2 Å². The maximum atomic E-state index is 12.2. The van der Waals surface area contributed by atoms with Crippen LogP contribution in [0.15, 0.2) is 36.4 Å². The normalized spacial score (nSPS) is 10.3. The molecule has 148 valence electrons. The Balaban J connectivity index is 1.88. The van der Waals surface area contributed by atoms with Crippen molar-refractivity contribution in [3.05, 3.63) is 62.1 Å². The third-order valence-electron chi connectivity index (χ3n) is 3.61. The van der Waals surface area contributed by atoms with Crippen LogP contribution in [-0.2, 0) is 9.59 Å². The standard InChI is InChI=1S/C18H15Cl4N3O3/c1-25(9-15(26)24-17-12(20)3-2-4-13(17)21)16(27)8-23-18(28)11-6-5-10(19)7-14(11)22/h2-7H,8-9H2,1H3,(H,23,28)(H,24,26). The van der Waals surface area contributed by atoms with Crippen LogP contribution in [0.5, 0.6) is 0 Å². The zero-order valence-corrected chi connectivity index (χ0v) is 17.6. The van der Waals surface area contributed by atoms with Gasteiger partial charge < -0.3 is 15.5 Å². The molecule has 0 unspecified atom stereocenters. The zero-order valence-electron chi connectivity index (χ0n) is 14.6. The summed E-state index contributed by atoms with van der Waals surface area (Å²) in [5.74, 6) is -1.49. The fraction of sp³-hybridized carbons (Fsp3) is 0.167. The highest BCUT2D eigenvalue weighted by Crippen LogP contribution is 2.29. The summed E-state index contributed by atoms with van der Waals surface area (Å²) in [4.78, 5) is 37.6. The first-order chi connectivity index (χ1) is 13.2. The molecular formula is C18H15Cl4N3O3. The number of benzene rings is 2. The van der Waals surface area contributed by atoms with Gasteiger partial charge in [-0.05, 0) is 30.3 Å². The largest absolute Gasteiger partial charge is 0.343 e. The lowest BCUT2D eigenvalue weighted by atomic mass is 10.2. The van der Waals surface area contributed by atoms with Crippen molar-refractivity contribution in [2.45, 2.75) is 0 Å². The van der Waals surface area contributed by atoms with E-state index in [1.165, 1.54) is 25.2 Å². The monoisotopic (exact) mass is 461 g/mol. The van der Waals surface area contributed by atoms with Gasteiger partial charge in [-0.3, -0.25) is 14.4 Å². The molecule has 2 aromatic rings. The second kappa shape index (κ2) is 9.98. The second-order valence-electron chi connectivity index (χ2n) is 5.70. The minimum atomic E-state index is -0.532. The van der Waals surface area contributed by atoms with E-state index in [0.29, 0.717) is 5.02 Å². The lowest BCUT2D eigenvalue weighted by molar-refractivity contribution is -0.132. The van der Waals surface area contributed by atoms with Gasteiger partial charge in [-0.1, -0.05) is 52.5 Å². The molecule has 0 aliphatic rings. The van der Waals surface area contributed by atoms with E-state index < -0.39 is 17.7 Å². The molecule has 0 bridgehead atoms. The van der Waals surface area contributed by atoms with Crippen LogP contribution in [0, 0.1) is 0 Å². The van der Waals surface area contributed by atoms with Crippen LogP contribution >= 0.6 is 46.4 Å². The molecule has 0 aliphatic carbocycles. The van der Waals surface area contributed by atoms with E-state index >= 15 is 0 Å². The molecule has 0 saturated heterocycles. The van der Waals surface area contributed by atoms with Crippen molar-refractivity contribution in [2.24, 2.45) is 0 Å². The number of hydrogen-bond acceptors (Lipinski definition) is 3. The van der Waals surface area contributed by atoms with E-state index in [1.807, 2.05) is 0 Å². The van der Waals surface area contributed by atoms with E-state index in [9.17, 15) is 14.4 Å². The van der Waals surface area contributed by atoms with Crippen LogP contribution < -0.4 is 10.6 Å². The molecule has 2 aromatic carbocycles. The number of rotatable bonds is 6. The Morgan fingerprint density at radius 3 is 2.21 bits per heavy atom. The first-order valence-electron chi connectivity index (χ1n) is 7.90. The van der Waals surface area contributed by atoms with Gasteiger partial charge in [0.2, 0.25) is 11.8 Å². The number of nitrogens with zero attached hydrogens (tertiary/aromatic N) is 1. The van der Waals surface area contributed by atoms with Crippen molar-refractivity contribution >= 4 is 69.8 Å². The summed E-state index contributed by atoms with van der Waals surface area (Å²) in [6, 6.07) is 9.20. The maximum absolute atomic E-state index is 12.2. The van der Waals surface area contributed by atoms with E-state index in [0.717, 1.165) is 4.90 Å². The Morgan fingerprint density at radius 2 is 1.61 bits per heavy atom. The minimum absolute atomic E-state index is 0.168. The first kappa shape index (κ1) is 22.3. The zero-order chi connectivity index (χ0) is 20.8. The number of para-hydroxylation sites is 1. The molecule has 0 spiro atoms. The van der Waals surface area contributed by atoms with Crippen molar-refractivity contribution in [1.29, 1.82) is 0 Å². The molecule has 10 heteroatoms. The van der Waals surface area contributed by atoms with Gasteiger partial charge >= 0.3 is 0 Å². The number of halogens is 4. The molecule has 0 heterocycles. The van der Waals surface area contributed by atoms with Gasteiger partial charge in [0, 0.05) is 12.1 Å². The molecule has 2 N–H and O–H groups in total. The van der Waals surface area contributed by atoms with Crippen LogP contribution in [0.3, 0.4) is 0 Å². The molecular weight excluding hydrogens is 448 g/mol. The SMILES string of the molecule is CN(CC(=O)Nc1c(Cl)cccc1Cl)C(=O)CNC(=O)c1ccc(Cl)cc1Cl. The molecule has 0 aromatic heterocycles. The number of nitrogens with one attached hydrogen (secondary N) is 2. The predicted molar refractivity (Wildman–Crippen MR) is 112 cm³/mol. The smallest absolute Gasteiger partial charge is 0.253 e. The summed E-state index contributed by atoms with van der Waals surface area (Å²) in [5, 5.41) is 6.12. The first-order valence-corrected chi connectivity index (χ1v) is 9.41. The molecule has 6 nitrogen and oxygen atoms in total. The highest BCUT2D eigenvalue weighted by atomic mass is 35.5. The molecule has 0 radical (unpaired) electrons. The molecule has 28 heavy (non-hydrogen) atoms. The number of carbonyl (C=O) groups excluding carboxylic acids is 3. The highest BCUT2D eigenvalue weighted by molar-refractivity contribution is 6.39. The van der Waals surface area contributed by atoms with E-state index in [4.69, 9.17) is 46.4 Å². The Bertz CT molecular complexity index is 901. The third kappa shape index (κ3) is 6.01. The number of amides is 3. The van der Waals surface area contributed by atoms with Crippen molar-refractivity contribution in [3.8, 4) is 0 Å². The predicted octanol–water partition coefficient (Wildman–Crippen LogP) is 4.13. The van der Waals surface area contributed by atoms with Gasteiger partial charge in [-0.2, -0.15) is 0 Å². The number of likely N-dealkylation sites (N-methyl/N-ethyl adjacent to an activating group) is 1. The summed E-state index contributed by atoms with van der Waals surface area (Å²) in [5.41, 5.74) is 0.454. The Hall–Kier alpha value is -1.99. The number of anilines is 1. The van der Waals surface area contributed by atoms with Crippen molar-refractivity contribution < 1.29 is 14.4 Å². The Kier molecular flexibility index (Phi) is 7.95. The Labute approximate surface area is 181 Å². The maximum Gasteiger partial charge on any atom is 0.253 e. The van der Waals surface area contributed by atoms with E-state index in [-0.39, 0.29) is 39.4 Å². The molecule has 0 fully saturated rings. The lowest BCUT2D eigenvalue weighted by Crippen LogP contribution is -2.41. The highest BCUT2D eigenvalue weighted by Gasteiger charge is 2.17. The van der Waals surface area contributed by atoms with Gasteiger partial charge in [0.15, 0.2) is 0 Å². The van der Waals surface area contributed by atoms with Crippen molar-refractivity contribution in [2.75, 3.05) is 25.5 Å². The van der Waals surface area contributed by atoms with Gasteiger partial charge in [-0.15, -0.1) is 0 Å². The fourth-order valence-electron chi connectivity index (χ4n) is 2.16. The van der Waals surface area contributed by atoms with Gasteiger partial charge in [0.05, 0.1) is 39.4 Å². The third-order valence-corrected chi connectivity index (χ3v) is 4.79. The summed E-state index contributed by atoms with van der Waals surface area (Å²) in [6.45, 7) is -0.563.